The molecule has 1 aromatic carbocycles. The fourth-order valence-corrected chi connectivity index (χ4v) is 3.29. The lowest BCUT2D eigenvalue weighted by Crippen LogP contribution is -2.45. The number of anilines is 3. The first kappa shape index (κ1) is 19.1. The molecule has 1 saturated heterocycles. The van der Waals surface area contributed by atoms with E-state index >= 15 is 0 Å². The van der Waals surface area contributed by atoms with E-state index in [4.69, 9.17) is 0 Å². The fourth-order valence-electron chi connectivity index (χ4n) is 3.29. The van der Waals surface area contributed by atoms with Crippen molar-refractivity contribution in [3.05, 3.63) is 58.1 Å². The van der Waals surface area contributed by atoms with E-state index < -0.39 is 0 Å². The van der Waals surface area contributed by atoms with E-state index in [2.05, 4.69) is 42.1 Å². The second-order valence-electron chi connectivity index (χ2n) is 7.43. The summed E-state index contributed by atoms with van der Waals surface area (Å²) >= 11 is 0. The van der Waals surface area contributed by atoms with Gasteiger partial charge in [0.05, 0.1) is 11.4 Å². The van der Waals surface area contributed by atoms with Crippen LogP contribution in [0.3, 0.4) is 0 Å². The van der Waals surface area contributed by atoms with Crippen molar-refractivity contribution in [1.82, 2.24) is 24.8 Å². The average molecular weight is 391 g/mol. The third-order valence-electron chi connectivity index (χ3n) is 5.08. The molecule has 1 fully saturated rings. The maximum atomic E-state index is 12.2. The van der Waals surface area contributed by atoms with Crippen LogP contribution in [0.1, 0.15) is 11.3 Å². The van der Waals surface area contributed by atoms with Gasteiger partial charge in [0.1, 0.15) is 0 Å². The van der Waals surface area contributed by atoms with Crippen LogP contribution in [0.4, 0.5) is 17.6 Å². The molecule has 4 rings (SSSR count). The number of rotatable bonds is 4. The first-order valence-electron chi connectivity index (χ1n) is 9.70. The van der Waals surface area contributed by atoms with Gasteiger partial charge in [-0.1, -0.05) is 17.7 Å². The van der Waals surface area contributed by atoms with E-state index in [1.54, 1.807) is 6.20 Å². The molecule has 0 unspecified atom stereocenters. The molecular formula is C21H25N7O. The average Bonchev–Trinajstić information content (AvgIpc) is 2.70. The number of H-pyrrole nitrogens is 1. The molecule has 0 aliphatic carbocycles. The molecule has 29 heavy (non-hydrogen) atoms. The van der Waals surface area contributed by atoms with Crippen LogP contribution in [0, 0.1) is 13.8 Å². The van der Waals surface area contributed by atoms with E-state index in [0.717, 1.165) is 49.1 Å². The fraction of sp³-hybridized carbons (Fsp3) is 0.333. The van der Waals surface area contributed by atoms with Gasteiger partial charge in [-0.05, 0) is 33.0 Å². The van der Waals surface area contributed by atoms with Crippen molar-refractivity contribution in [2.45, 2.75) is 13.8 Å². The van der Waals surface area contributed by atoms with E-state index in [0.29, 0.717) is 11.6 Å². The molecule has 0 radical (unpaired) electrons. The molecule has 3 aromatic rings. The molecule has 8 heteroatoms. The summed E-state index contributed by atoms with van der Waals surface area (Å²) in [6.07, 6.45) is 1.76. The highest BCUT2D eigenvalue weighted by Gasteiger charge is 2.18. The molecule has 1 aliphatic heterocycles. The van der Waals surface area contributed by atoms with Gasteiger partial charge < -0.3 is 15.1 Å². The van der Waals surface area contributed by atoms with Gasteiger partial charge >= 0.3 is 0 Å². The van der Waals surface area contributed by atoms with Crippen molar-refractivity contribution in [3.8, 4) is 11.3 Å². The number of aryl methyl sites for hydroxylation is 2. The molecule has 0 saturated carbocycles. The summed E-state index contributed by atoms with van der Waals surface area (Å²) in [6.45, 7) is 7.75. The quantitative estimate of drug-likeness (QED) is 0.705. The first-order valence-corrected chi connectivity index (χ1v) is 9.70. The minimum absolute atomic E-state index is 0.229. The number of nitrogens with one attached hydrogen (secondary N) is 2. The lowest BCUT2D eigenvalue weighted by atomic mass is 10.1. The predicted octanol–water partition coefficient (Wildman–Crippen LogP) is 2.34. The Balaban J connectivity index is 1.60. The Morgan fingerprint density at radius 3 is 2.45 bits per heavy atom. The normalized spacial score (nSPS) is 14.8. The van der Waals surface area contributed by atoms with E-state index in [1.807, 2.05) is 38.1 Å². The van der Waals surface area contributed by atoms with Crippen LogP contribution in [-0.4, -0.2) is 58.1 Å². The van der Waals surface area contributed by atoms with Crippen LogP contribution >= 0.6 is 0 Å². The van der Waals surface area contributed by atoms with Crippen LogP contribution in [0.15, 0.2) is 41.3 Å². The van der Waals surface area contributed by atoms with Crippen molar-refractivity contribution in [2.24, 2.45) is 0 Å². The van der Waals surface area contributed by atoms with Crippen LogP contribution in [-0.2, 0) is 0 Å². The monoisotopic (exact) mass is 391 g/mol. The summed E-state index contributed by atoms with van der Waals surface area (Å²) in [5.41, 5.74) is 3.89. The highest BCUT2D eigenvalue weighted by atomic mass is 16.1. The molecule has 2 aromatic heterocycles. The molecule has 0 atom stereocenters. The zero-order chi connectivity index (χ0) is 20.4. The number of benzene rings is 1. The Hall–Kier alpha value is -3.26. The van der Waals surface area contributed by atoms with Gasteiger partial charge in [0.15, 0.2) is 0 Å². The van der Waals surface area contributed by atoms with Crippen LogP contribution in [0.25, 0.3) is 11.3 Å². The third kappa shape index (κ3) is 4.43. The SMILES string of the molecule is Cc1ccc(Nc2nc(-c3cnc(N4CCN(C)CC4)nc3C)cc(=O)[nH]2)cc1. The number of hydrogen-bond acceptors (Lipinski definition) is 7. The van der Waals surface area contributed by atoms with Crippen molar-refractivity contribution in [3.63, 3.8) is 0 Å². The minimum atomic E-state index is -0.229. The highest BCUT2D eigenvalue weighted by molar-refractivity contribution is 5.64. The number of nitrogens with zero attached hydrogens (tertiary/aromatic N) is 5. The molecule has 2 N–H and O–H groups in total. The number of aromatic nitrogens is 4. The summed E-state index contributed by atoms with van der Waals surface area (Å²) in [5.74, 6) is 1.11. The largest absolute Gasteiger partial charge is 0.338 e. The lowest BCUT2D eigenvalue weighted by Gasteiger charge is -2.32. The maximum absolute atomic E-state index is 12.2. The summed E-state index contributed by atoms with van der Waals surface area (Å²) in [4.78, 5) is 33.2. The van der Waals surface area contributed by atoms with Crippen LogP contribution in [0.2, 0.25) is 0 Å². The standard InChI is InChI=1S/C21H25N7O/c1-14-4-6-16(7-5-14)24-20-25-18(12-19(29)26-20)17-13-22-21(23-15(17)2)28-10-8-27(3)9-11-28/h4-7,12-13H,8-11H2,1-3H3,(H2,24,25,26,29). The second-order valence-corrected chi connectivity index (χ2v) is 7.43. The summed E-state index contributed by atoms with van der Waals surface area (Å²) in [7, 11) is 2.12. The van der Waals surface area contributed by atoms with E-state index in [9.17, 15) is 4.79 Å². The molecule has 3 heterocycles. The molecule has 0 spiro atoms. The van der Waals surface area contributed by atoms with Crippen LogP contribution in [0.5, 0.6) is 0 Å². The third-order valence-corrected chi connectivity index (χ3v) is 5.08. The predicted molar refractivity (Wildman–Crippen MR) is 115 cm³/mol. The van der Waals surface area contributed by atoms with Crippen molar-refractivity contribution in [1.29, 1.82) is 0 Å². The highest BCUT2D eigenvalue weighted by Crippen LogP contribution is 2.22. The van der Waals surface area contributed by atoms with Crippen molar-refractivity contribution in [2.75, 3.05) is 43.4 Å². The Morgan fingerprint density at radius 1 is 1.03 bits per heavy atom. The number of piperazine rings is 1. The molecule has 8 nitrogen and oxygen atoms in total. The smallest absolute Gasteiger partial charge is 0.252 e. The van der Waals surface area contributed by atoms with Crippen LogP contribution < -0.4 is 15.8 Å². The molecule has 0 amide bonds. The Kier molecular flexibility index (Phi) is 5.26. The van der Waals surface area contributed by atoms with Gasteiger partial charge in [-0.3, -0.25) is 9.78 Å². The van der Waals surface area contributed by atoms with Crippen molar-refractivity contribution < 1.29 is 0 Å². The van der Waals surface area contributed by atoms with E-state index in [-0.39, 0.29) is 5.56 Å². The Bertz CT molecular complexity index is 1050. The molecular weight excluding hydrogens is 366 g/mol. The Morgan fingerprint density at radius 2 is 1.76 bits per heavy atom. The number of aromatic amines is 1. The summed E-state index contributed by atoms with van der Waals surface area (Å²) in [5, 5.41) is 3.15. The van der Waals surface area contributed by atoms with Gasteiger partial charge in [-0.2, -0.15) is 0 Å². The first-order chi connectivity index (χ1) is 14.0. The van der Waals surface area contributed by atoms with Gasteiger partial charge in [-0.25, -0.2) is 15.0 Å². The lowest BCUT2D eigenvalue weighted by molar-refractivity contribution is 0.311. The number of hydrogen-bond donors (Lipinski definition) is 2. The van der Waals surface area contributed by atoms with Gasteiger partial charge in [0, 0.05) is 49.7 Å². The van der Waals surface area contributed by atoms with E-state index in [1.165, 1.54) is 11.6 Å². The molecule has 150 valence electrons. The summed E-state index contributed by atoms with van der Waals surface area (Å²) in [6, 6.07) is 9.36. The molecule has 0 bridgehead atoms. The van der Waals surface area contributed by atoms with Gasteiger partial charge in [0.2, 0.25) is 11.9 Å². The topological polar surface area (TPSA) is 90.0 Å². The zero-order valence-electron chi connectivity index (χ0n) is 16.9. The Labute approximate surface area is 169 Å². The maximum Gasteiger partial charge on any atom is 0.252 e. The van der Waals surface area contributed by atoms with Crippen molar-refractivity contribution >= 4 is 17.6 Å². The number of likely N-dealkylation sites (N-methyl/N-ethyl adjacent to an activating group) is 1. The molecule has 1 aliphatic rings. The second kappa shape index (κ2) is 8.00. The summed E-state index contributed by atoms with van der Waals surface area (Å²) < 4.78 is 0. The zero-order valence-corrected chi connectivity index (χ0v) is 16.9. The minimum Gasteiger partial charge on any atom is -0.338 e. The van der Waals surface area contributed by atoms with Gasteiger partial charge in [-0.15, -0.1) is 0 Å². The van der Waals surface area contributed by atoms with Gasteiger partial charge in [0.25, 0.3) is 5.56 Å².